The fraction of sp³-hybridized carbons (Fsp3) is 0.467. The number of carbonyl (C=O) groups excluding carboxylic acids is 2. The Morgan fingerprint density at radius 2 is 2.15 bits per heavy atom. The lowest BCUT2D eigenvalue weighted by molar-refractivity contribution is -0.122. The smallest absolute Gasteiger partial charge is 0.234 e. The number of para-hydroxylation sites is 1. The molecule has 1 aliphatic heterocycles. The first kappa shape index (κ1) is 14.5. The molecule has 20 heavy (non-hydrogen) atoms. The molecule has 1 aliphatic rings. The van der Waals surface area contributed by atoms with E-state index in [1.54, 1.807) is 12.1 Å². The van der Waals surface area contributed by atoms with Crippen molar-refractivity contribution in [3.05, 3.63) is 29.8 Å². The van der Waals surface area contributed by atoms with Crippen molar-refractivity contribution in [2.75, 3.05) is 19.7 Å². The zero-order valence-electron chi connectivity index (χ0n) is 11.7. The third kappa shape index (κ3) is 3.17. The summed E-state index contributed by atoms with van der Waals surface area (Å²) in [4.78, 5) is 25.6. The van der Waals surface area contributed by atoms with Gasteiger partial charge in [0.05, 0.1) is 24.8 Å². The predicted octanol–water partition coefficient (Wildman–Crippen LogP) is 1.22. The van der Waals surface area contributed by atoms with Gasteiger partial charge >= 0.3 is 0 Å². The molecular formula is C15H20N2O3. The van der Waals surface area contributed by atoms with E-state index < -0.39 is 0 Å². The molecule has 1 heterocycles. The number of nitrogens with two attached hydrogens (primary N) is 1. The number of hydrogen-bond acceptors (Lipinski definition) is 4. The average Bonchev–Trinajstić information content (AvgIpc) is 2.88. The van der Waals surface area contributed by atoms with Crippen LogP contribution in [0.5, 0.6) is 5.75 Å². The number of ketones is 1. The number of carbonyl (C=O) groups is 2. The van der Waals surface area contributed by atoms with Crippen LogP contribution in [0.25, 0.3) is 0 Å². The third-order valence-corrected chi connectivity index (χ3v) is 3.53. The maximum atomic E-state index is 12.4. The second-order valence-corrected chi connectivity index (χ2v) is 4.88. The molecule has 1 saturated heterocycles. The molecule has 0 radical (unpaired) electrons. The molecule has 5 nitrogen and oxygen atoms in total. The number of likely N-dealkylation sites (tertiary alicyclic amines) is 1. The summed E-state index contributed by atoms with van der Waals surface area (Å²) >= 11 is 0. The fourth-order valence-electron chi connectivity index (χ4n) is 2.59. The summed E-state index contributed by atoms with van der Waals surface area (Å²) in [5.74, 6) is 0.199. The summed E-state index contributed by atoms with van der Waals surface area (Å²) in [6, 6.07) is 6.86. The van der Waals surface area contributed by atoms with E-state index >= 15 is 0 Å². The second-order valence-electron chi connectivity index (χ2n) is 4.88. The minimum atomic E-state index is -0.353. The molecule has 0 spiro atoms. The predicted molar refractivity (Wildman–Crippen MR) is 75.7 cm³/mol. The summed E-state index contributed by atoms with van der Waals surface area (Å²) in [6.45, 7) is 3.33. The summed E-state index contributed by atoms with van der Waals surface area (Å²) in [6.07, 6.45) is 1.63. The number of nitrogens with zero attached hydrogens (tertiary/aromatic N) is 1. The molecule has 0 aliphatic carbocycles. The molecular weight excluding hydrogens is 256 g/mol. The van der Waals surface area contributed by atoms with Crippen LogP contribution in [0.2, 0.25) is 0 Å². The highest BCUT2D eigenvalue weighted by atomic mass is 16.5. The molecule has 1 amide bonds. The summed E-state index contributed by atoms with van der Waals surface area (Å²) in [5.41, 5.74) is 5.92. The third-order valence-electron chi connectivity index (χ3n) is 3.53. The van der Waals surface area contributed by atoms with Crippen molar-refractivity contribution in [3.8, 4) is 5.75 Å². The Labute approximate surface area is 118 Å². The van der Waals surface area contributed by atoms with Crippen LogP contribution in [0, 0.1) is 0 Å². The maximum absolute atomic E-state index is 12.4. The van der Waals surface area contributed by atoms with Crippen molar-refractivity contribution < 1.29 is 14.3 Å². The van der Waals surface area contributed by atoms with E-state index in [1.807, 2.05) is 24.0 Å². The molecule has 1 aromatic rings. The van der Waals surface area contributed by atoms with Gasteiger partial charge in [-0.1, -0.05) is 12.1 Å². The van der Waals surface area contributed by atoms with Gasteiger partial charge in [0.25, 0.3) is 0 Å². The quantitative estimate of drug-likeness (QED) is 0.793. The first-order valence-corrected chi connectivity index (χ1v) is 6.92. The van der Waals surface area contributed by atoms with E-state index in [0.29, 0.717) is 17.9 Å². The van der Waals surface area contributed by atoms with Gasteiger partial charge in [0.15, 0.2) is 5.78 Å². The Morgan fingerprint density at radius 3 is 2.85 bits per heavy atom. The zero-order valence-corrected chi connectivity index (χ0v) is 11.7. The Hall–Kier alpha value is -1.88. The number of primary amides is 1. The summed E-state index contributed by atoms with van der Waals surface area (Å²) in [5, 5.41) is 0. The molecule has 1 unspecified atom stereocenters. The molecule has 0 bridgehead atoms. The van der Waals surface area contributed by atoms with Gasteiger partial charge in [0.2, 0.25) is 5.91 Å². The van der Waals surface area contributed by atoms with Crippen LogP contribution in [0.4, 0.5) is 0 Å². The standard InChI is InChI=1S/C15H20N2O3/c1-2-20-14-8-4-3-6-11(14)13(18)10-17-9-5-7-12(17)15(16)19/h3-4,6,8,12H,2,5,7,9-10H2,1H3,(H2,16,19). The molecule has 5 heteroatoms. The minimum absolute atomic E-state index is 0.0396. The van der Waals surface area contributed by atoms with Crippen LogP contribution >= 0.6 is 0 Å². The van der Waals surface area contributed by atoms with Crippen LogP contribution in [-0.4, -0.2) is 42.3 Å². The van der Waals surface area contributed by atoms with Gasteiger partial charge in [-0.2, -0.15) is 0 Å². The van der Waals surface area contributed by atoms with Crippen LogP contribution in [0.1, 0.15) is 30.1 Å². The van der Waals surface area contributed by atoms with Crippen molar-refractivity contribution in [1.82, 2.24) is 4.90 Å². The number of ether oxygens (including phenoxy) is 1. The molecule has 1 aromatic carbocycles. The molecule has 1 atom stereocenters. The lowest BCUT2D eigenvalue weighted by atomic mass is 10.1. The van der Waals surface area contributed by atoms with Crippen LogP contribution in [0.15, 0.2) is 24.3 Å². The van der Waals surface area contributed by atoms with Crippen LogP contribution in [0.3, 0.4) is 0 Å². The Bertz CT molecular complexity index is 502. The molecule has 2 rings (SSSR count). The molecule has 0 aromatic heterocycles. The van der Waals surface area contributed by atoms with Gasteiger partial charge in [0, 0.05) is 0 Å². The van der Waals surface area contributed by atoms with Gasteiger partial charge in [-0.25, -0.2) is 0 Å². The Kier molecular flexibility index (Phi) is 4.74. The number of benzene rings is 1. The van der Waals surface area contributed by atoms with E-state index in [1.165, 1.54) is 0 Å². The van der Waals surface area contributed by atoms with Gasteiger partial charge in [-0.15, -0.1) is 0 Å². The van der Waals surface area contributed by atoms with Gasteiger partial charge in [-0.05, 0) is 38.4 Å². The van der Waals surface area contributed by atoms with Crippen molar-refractivity contribution in [2.45, 2.75) is 25.8 Å². The van der Waals surface area contributed by atoms with E-state index in [9.17, 15) is 9.59 Å². The van der Waals surface area contributed by atoms with Crippen LogP contribution < -0.4 is 10.5 Å². The number of hydrogen-bond donors (Lipinski definition) is 1. The van der Waals surface area contributed by atoms with E-state index in [2.05, 4.69) is 0 Å². The van der Waals surface area contributed by atoms with E-state index in [0.717, 1.165) is 19.4 Å². The van der Waals surface area contributed by atoms with Crippen LogP contribution in [-0.2, 0) is 4.79 Å². The van der Waals surface area contributed by atoms with Crippen molar-refractivity contribution in [1.29, 1.82) is 0 Å². The normalized spacial score (nSPS) is 18.9. The SMILES string of the molecule is CCOc1ccccc1C(=O)CN1CCCC1C(N)=O. The number of amides is 1. The van der Waals surface area contributed by atoms with E-state index in [4.69, 9.17) is 10.5 Å². The van der Waals surface area contributed by atoms with Crippen molar-refractivity contribution >= 4 is 11.7 Å². The largest absolute Gasteiger partial charge is 0.493 e. The molecule has 0 saturated carbocycles. The van der Waals surface area contributed by atoms with Gasteiger partial charge in [0.1, 0.15) is 5.75 Å². The minimum Gasteiger partial charge on any atom is -0.493 e. The number of Topliss-reactive ketones (excluding diaryl/α,β-unsaturated/α-hetero) is 1. The Morgan fingerprint density at radius 1 is 1.40 bits per heavy atom. The fourth-order valence-corrected chi connectivity index (χ4v) is 2.59. The lowest BCUT2D eigenvalue weighted by Crippen LogP contribution is -2.42. The molecule has 108 valence electrons. The summed E-state index contributed by atoms with van der Waals surface area (Å²) < 4.78 is 5.47. The lowest BCUT2D eigenvalue weighted by Gasteiger charge is -2.21. The highest BCUT2D eigenvalue weighted by Crippen LogP contribution is 2.21. The maximum Gasteiger partial charge on any atom is 0.234 e. The van der Waals surface area contributed by atoms with Crippen molar-refractivity contribution in [3.63, 3.8) is 0 Å². The topological polar surface area (TPSA) is 72.6 Å². The molecule has 1 fully saturated rings. The van der Waals surface area contributed by atoms with Crippen molar-refractivity contribution in [2.24, 2.45) is 5.73 Å². The first-order chi connectivity index (χ1) is 9.63. The highest BCUT2D eigenvalue weighted by molar-refractivity contribution is 6.00. The number of rotatable bonds is 6. The highest BCUT2D eigenvalue weighted by Gasteiger charge is 2.30. The second kappa shape index (κ2) is 6.52. The first-order valence-electron chi connectivity index (χ1n) is 6.92. The molecule has 2 N–H and O–H groups in total. The monoisotopic (exact) mass is 276 g/mol. The summed E-state index contributed by atoms with van der Waals surface area (Å²) in [7, 11) is 0. The zero-order chi connectivity index (χ0) is 14.5. The van der Waals surface area contributed by atoms with Gasteiger partial charge < -0.3 is 10.5 Å². The average molecular weight is 276 g/mol. The Balaban J connectivity index is 2.10. The van der Waals surface area contributed by atoms with E-state index in [-0.39, 0.29) is 24.3 Å². The van der Waals surface area contributed by atoms with Gasteiger partial charge in [-0.3, -0.25) is 14.5 Å².